The Hall–Kier alpha value is -1.97. The van der Waals surface area contributed by atoms with Gasteiger partial charge in [0.15, 0.2) is 12.4 Å². The lowest BCUT2D eigenvalue weighted by Gasteiger charge is -2.26. The van der Waals surface area contributed by atoms with E-state index in [0.717, 1.165) is 57.8 Å². The van der Waals surface area contributed by atoms with Gasteiger partial charge in [-0.15, -0.1) is 0 Å². The highest BCUT2D eigenvalue weighted by molar-refractivity contribution is 5.70. The normalized spacial score (nSPS) is 12.8. The molecule has 2 atom stereocenters. The summed E-state index contributed by atoms with van der Waals surface area (Å²) in [5.41, 5.74) is 0. The van der Waals surface area contributed by atoms with Crippen LogP contribution in [0.15, 0.2) is 12.2 Å². The van der Waals surface area contributed by atoms with E-state index in [1.807, 2.05) is 21.1 Å². The van der Waals surface area contributed by atoms with Crippen LogP contribution < -0.4 is 5.11 Å². The molecule has 0 aliphatic rings. The molecule has 0 aromatic heterocycles. The number of esters is 2. The van der Waals surface area contributed by atoms with Gasteiger partial charge >= 0.3 is 11.9 Å². The van der Waals surface area contributed by atoms with Crippen molar-refractivity contribution in [2.75, 3.05) is 47.5 Å². The number of allylic oxidation sites excluding steroid dienone is 2. The number of likely N-dealkylation sites (N-methyl/N-ethyl adjacent to an activating group) is 1. The summed E-state index contributed by atoms with van der Waals surface area (Å²) in [6.45, 7) is 4.73. The summed E-state index contributed by atoms with van der Waals surface area (Å²) in [6.07, 6.45) is 49.9. The van der Waals surface area contributed by atoms with E-state index in [4.69, 9.17) is 18.9 Å². The van der Waals surface area contributed by atoms with Crippen molar-refractivity contribution in [1.29, 1.82) is 0 Å². The summed E-state index contributed by atoms with van der Waals surface area (Å²) in [6, 6.07) is 0. The van der Waals surface area contributed by atoms with Crippen LogP contribution in [0, 0.1) is 0 Å². The van der Waals surface area contributed by atoms with Crippen LogP contribution in [0.5, 0.6) is 0 Å². The van der Waals surface area contributed by atoms with Crippen LogP contribution in [-0.2, 0) is 33.3 Å². The highest BCUT2D eigenvalue weighted by Crippen LogP contribution is 2.17. The third-order valence-corrected chi connectivity index (χ3v) is 12.3. The number of hydrogen-bond acceptors (Lipinski definition) is 8. The summed E-state index contributed by atoms with van der Waals surface area (Å²) in [5, 5.41) is 11.7. The minimum atomic E-state index is -1.62. The summed E-state index contributed by atoms with van der Waals surface area (Å²) in [4.78, 5) is 37.1. The number of quaternary nitrogens is 1. The van der Waals surface area contributed by atoms with Crippen molar-refractivity contribution in [3.8, 4) is 0 Å². The SMILES string of the molecule is CCCC/C=C\CCCCCCCC(=O)OC(COC(=O)CCCCCCCCCCCCCCCCCCCCCCCCCCCCCC)COC(OCC[N+](C)(C)C)C(=O)[O-]. The molecule has 0 bridgehead atoms. The van der Waals surface area contributed by atoms with Gasteiger partial charge in [-0.2, -0.15) is 0 Å². The van der Waals surface area contributed by atoms with Crippen LogP contribution in [-0.4, -0.2) is 82.3 Å². The molecule has 2 unspecified atom stereocenters. The molecule has 0 spiro atoms. The number of carboxylic acid groups (broad SMARTS) is 1. The second-order valence-electron chi connectivity index (χ2n) is 19.9. The van der Waals surface area contributed by atoms with Gasteiger partial charge in [0.2, 0.25) is 0 Å². The Morgan fingerprint density at radius 3 is 1.20 bits per heavy atom. The van der Waals surface area contributed by atoms with E-state index in [0.29, 0.717) is 23.9 Å². The van der Waals surface area contributed by atoms with E-state index in [-0.39, 0.29) is 32.2 Å². The van der Waals surface area contributed by atoms with Crippen LogP contribution in [0.1, 0.15) is 264 Å². The maximum Gasteiger partial charge on any atom is 0.306 e. The first-order chi connectivity index (χ1) is 31.1. The number of ether oxygens (including phenoxy) is 4. The van der Waals surface area contributed by atoms with Crippen molar-refractivity contribution < 1.29 is 42.9 Å². The molecule has 0 aliphatic carbocycles. The maximum atomic E-state index is 12.7. The Morgan fingerprint density at radius 2 is 0.812 bits per heavy atom. The molecule has 0 saturated carbocycles. The number of nitrogens with zero attached hydrogens (tertiary/aromatic N) is 1. The summed E-state index contributed by atoms with van der Waals surface area (Å²) in [5.74, 6) is -2.28. The Bertz CT molecular complexity index is 1060. The van der Waals surface area contributed by atoms with Gasteiger partial charge in [0, 0.05) is 12.8 Å². The highest BCUT2D eigenvalue weighted by atomic mass is 16.7. The maximum absolute atomic E-state index is 12.7. The molecule has 0 fully saturated rings. The Balaban J connectivity index is 4.06. The number of aliphatic carboxylic acids is 1. The lowest BCUT2D eigenvalue weighted by molar-refractivity contribution is -0.870. The van der Waals surface area contributed by atoms with Gasteiger partial charge in [-0.1, -0.05) is 231 Å². The molecule has 0 heterocycles. The second-order valence-corrected chi connectivity index (χ2v) is 19.9. The van der Waals surface area contributed by atoms with Gasteiger partial charge in [-0.25, -0.2) is 0 Å². The largest absolute Gasteiger partial charge is 0.545 e. The molecule has 0 saturated heterocycles. The van der Waals surface area contributed by atoms with E-state index < -0.39 is 24.3 Å². The van der Waals surface area contributed by atoms with Crippen molar-refractivity contribution >= 4 is 17.9 Å². The lowest BCUT2D eigenvalue weighted by atomic mass is 10.0. The number of rotatable bonds is 51. The number of carbonyl (C=O) groups excluding carboxylic acids is 3. The fourth-order valence-corrected chi connectivity index (χ4v) is 7.99. The van der Waals surface area contributed by atoms with Gasteiger partial charge in [0.25, 0.3) is 0 Å². The van der Waals surface area contributed by atoms with Crippen LogP contribution in [0.25, 0.3) is 0 Å². The van der Waals surface area contributed by atoms with Crippen molar-refractivity contribution in [1.82, 2.24) is 0 Å². The van der Waals surface area contributed by atoms with Gasteiger partial charge in [-0.3, -0.25) is 9.59 Å². The molecular formula is C55H105NO8. The first kappa shape index (κ1) is 62.0. The molecule has 0 aliphatic heterocycles. The molecule has 9 heteroatoms. The monoisotopic (exact) mass is 908 g/mol. The molecule has 0 aromatic rings. The standard InChI is InChI=1S/C55H105NO8/c1-6-8-10-12-14-16-18-19-20-21-22-23-24-25-26-27-28-29-30-31-32-33-34-36-37-39-41-43-45-52(57)62-49-51(50-63-55(54(59)60)61-48-47-56(3,4)5)64-53(58)46-44-42-40-38-35-17-15-13-11-9-7-2/h13,15,51,55H,6-12,14,16-50H2,1-5H3/b15-13-. The minimum absolute atomic E-state index is 0.149. The first-order valence-corrected chi connectivity index (χ1v) is 27.3. The Morgan fingerprint density at radius 1 is 0.453 bits per heavy atom. The predicted octanol–water partition coefficient (Wildman–Crippen LogP) is 14.1. The molecule has 64 heavy (non-hydrogen) atoms. The van der Waals surface area contributed by atoms with E-state index in [2.05, 4.69) is 26.0 Å². The zero-order chi connectivity index (χ0) is 47.0. The minimum Gasteiger partial charge on any atom is -0.545 e. The highest BCUT2D eigenvalue weighted by Gasteiger charge is 2.22. The fraction of sp³-hybridized carbons (Fsp3) is 0.909. The van der Waals surface area contributed by atoms with Crippen LogP contribution in [0.3, 0.4) is 0 Å². The van der Waals surface area contributed by atoms with E-state index in [9.17, 15) is 19.5 Å². The lowest BCUT2D eigenvalue weighted by Crippen LogP contribution is -2.44. The molecule has 0 radical (unpaired) electrons. The van der Waals surface area contributed by atoms with Gasteiger partial charge in [0.1, 0.15) is 13.2 Å². The third kappa shape index (κ3) is 48.0. The number of hydrogen-bond donors (Lipinski definition) is 0. The first-order valence-electron chi connectivity index (χ1n) is 27.3. The van der Waals surface area contributed by atoms with Gasteiger partial charge in [0.05, 0.1) is 40.3 Å². The molecule has 0 rings (SSSR count). The van der Waals surface area contributed by atoms with E-state index in [1.54, 1.807) is 0 Å². The number of carboxylic acids is 1. The number of carbonyl (C=O) groups is 3. The van der Waals surface area contributed by atoms with Crippen LogP contribution >= 0.6 is 0 Å². The van der Waals surface area contributed by atoms with Gasteiger partial charge in [-0.05, 0) is 32.1 Å². The topological polar surface area (TPSA) is 111 Å². The zero-order valence-electron chi connectivity index (χ0n) is 42.9. The Kier molecular flexibility index (Phi) is 46.1. The average molecular weight is 908 g/mol. The summed E-state index contributed by atoms with van der Waals surface area (Å²) >= 11 is 0. The zero-order valence-corrected chi connectivity index (χ0v) is 42.9. The molecule has 378 valence electrons. The van der Waals surface area contributed by atoms with Crippen molar-refractivity contribution in [2.24, 2.45) is 0 Å². The summed E-state index contributed by atoms with van der Waals surface area (Å²) < 4.78 is 22.6. The number of unbranched alkanes of at least 4 members (excludes halogenated alkanes) is 34. The second kappa shape index (κ2) is 47.5. The fourth-order valence-electron chi connectivity index (χ4n) is 7.99. The molecule has 9 nitrogen and oxygen atoms in total. The van der Waals surface area contributed by atoms with E-state index in [1.165, 1.54) is 173 Å². The van der Waals surface area contributed by atoms with Crippen molar-refractivity contribution in [3.05, 3.63) is 12.2 Å². The third-order valence-electron chi connectivity index (χ3n) is 12.3. The van der Waals surface area contributed by atoms with Crippen molar-refractivity contribution in [3.63, 3.8) is 0 Å². The van der Waals surface area contributed by atoms with Crippen LogP contribution in [0.2, 0.25) is 0 Å². The molecular weight excluding hydrogens is 803 g/mol. The van der Waals surface area contributed by atoms with Crippen LogP contribution in [0.4, 0.5) is 0 Å². The smallest absolute Gasteiger partial charge is 0.306 e. The molecule has 0 amide bonds. The van der Waals surface area contributed by atoms with E-state index >= 15 is 0 Å². The average Bonchev–Trinajstić information content (AvgIpc) is 3.26. The summed E-state index contributed by atoms with van der Waals surface area (Å²) in [7, 11) is 5.92. The molecule has 0 aromatic carbocycles. The Labute approximate surface area is 395 Å². The van der Waals surface area contributed by atoms with Gasteiger partial charge < -0.3 is 33.3 Å². The quantitative estimate of drug-likeness (QED) is 0.0195. The molecule has 0 N–H and O–H groups in total. The van der Waals surface area contributed by atoms with Crippen molar-refractivity contribution in [2.45, 2.75) is 277 Å². The predicted molar refractivity (Wildman–Crippen MR) is 265 cm³/mol.